The average molecular weight is 319 g/mol. The maximum atomic E-state index is 11.5. The van der Waals surface area contributed by atoms with Crippen LogP contribution in [0.25, 0.3) is 0 Å². The molecule has 1 aromatic carbocycles. The standard InChI is InChI=1S/C12H15ClN2O4S/c13-8-1-4-10(11(7-8)20(14,17)18)19-6-5-12(16)15-9-2-3-9/h1,4,7,9H,2-3,5-6H2,(H,15,16)(H2,14,17,18). The SMILES string of the molecule is NS(=O)(=O)c1cc(Cl)ccc1OCCC(=O)NC1CC1. The van der Waals surface area contributed by atoms with Crippen LogP contribution in [0.2, 0.25) is 5.02 Å². The van der Waals surface area contributed by atoms with Crippen LogP contribution in [0.5, 0.6) is 5.75 Å². The number of ether oxygens (including phenoxy) is 1. The number of nitrogens with one attached hydrogen (secondary N) is 1. The van der Waals surface area contributed by atoms with Crippen LogP contribution in [0.1, 0.15) is 19.3 Å². The Bertz CT molecular complexity index is 614. The number of halogens is 1. The van der Waals surface area contributed by atoms with Crippen molar-refractivity contribution in [3.63, 3.8) is 0 Å². The summed E-state index contributed by atoms with van der Waals surface area (Å²) in [5, 5.41) is 8.14. The van der Waals surface area contributed by atoms with Crippen molar-refractivity contribution in [2.45, 2.75) is 30.2 Å². The molecule has 0 spiro atoms. The van der Waals surface area contributed by atoms with Crippen molar-refractivity contribution in [1.29, 1.82) is 0 Å². The van der Waals surface area contributed by atoms with E-state index >= 15 is 0 Å². The number of rotatable bonds is 6. The van der Waals surface area contributed by atoms with Crippen LogP contribution in [0, 0.1) is 0 Å². The fourth-order valence-electron chi connectivity index (χ4n) is 1.60. The first kappa shape index (κ1) is 15.1. The summed E-state index contributed by atoms with van der Waals surface area (Å²) < 4.78 is 28.1. The molecule has 1 saturated carbocycles. The van der Waals surface area contributed by atoms with E-state index in [2.05, 4.69) is 5.32 Å². The van der Waals surface area contributed by atoms with E-state index in [1.54, 1.807) is 0 Å². The van der Waals surface area contributed by atoms with Crippen LogP contribution >= 0.6 is 11.6 Å². The zero-order chi connectivity index (χ0) is 14.8. The number of hydrogen-bond donors (Lipinski definition) is 2. The minimum absolute atomic E-state index is 0.0721. The predicted molar refractivity (Wildman–Crippen MR) is 74.1 cm³/mol. The highest BCUT2D eigenvalue weighted by Crippen LogP contribution is 2.26. The summed E-state index contributed by atoms with van der Waals surface area (Å²) in [6.07, 6.45) is 2.18. The van der Waals surface area contributed by atoms with Crippen molar-refractivity contribution in [2.75, 3.05) is 6.61 Å². The Kier molecular flexibility index (Phi) is 4.52. The van der Waals surface area contributed by atoms with Gasteiger partial charge < -0.3 is 10.1 Å². The number of nitrogens with two attached hydrogens (primary N) is 1. The molecular weight excluding hydrogens is 304 g/mol. The molecule has 6 nitrogen and oxygen atoms in total. The first-order valence-electron chi connectivity index (χ1n) is 6.11. The highest BCUT2D eigenvalue weighted by Gasteiger charge is 2.23. The summed E-state index contributed by atoms with van der Waals surface area (Å²) in [5.41, 5.74) is 0. The van der Waals surface area contributed by atoms with Gasteiger partial charge in [-0.3, -0.25) is 4.79 Å². The first-order chi connectivity index (χ1) is 9.36. The third-order valence-corrected chi connectivity index (χ3v) is 3.91. The van der Waals surface area contributed by atoms with E-state index in [0.29, 0.717) is 0 Å². The largest absolute Gasteiger partial charge is 0.492 e. The Morgan fingerprint density at radius 3 is 2.75 bits per heavy atom. The monoisotopic (exact) mass is 318 g/mol. The fraction of sp³-hybridized carbons (Fsp3) is 0.417. The number of hydrogen-bond acceptors (Lipinski definition) is 4. The lowest BCUT2D eigenvalue weighted by molar-refractivity contribution is -0.121. The van der Waals surface area contributed by atoms with E-state index in [1.165, 1.54) is 18.2 Å². The Labute approximate surface area is 122 Å². The lowest BCUT2D eigenvalue weighted by atomic mass is 10.3. The Hall–Kier alpha value is -1.31. The number of benzene rings is 1. The summed E-state index contributed by atoms with van der Waals surface area (Å²) in [5.74, 6) is -0.0188. The topological polar surface area (TPSA) is 98.5 Å². The van der Waals surface area contributed by atoms with E-state index in [9.17, 15) is 13.2 Å². The molecule has 0 saturated heterocycles. The molecule has 0 aliphatic heterocycles. The maximum Gasteiger partial charge on any atom is 0.241 e. The van der Waals surface area contributed by atoms with Crippen LogP contribution in [0.3, 0.4) is 0 Å². The van der Waals surface area contributed by atoms with E-state index < -0.39 is 10.0 Å². The van der Waals surface area contributed by atoms with Gasteiger partial charge in [-0.1, -0.05) is 11.6 Å². The molecule has 0 unspecified atom stereocenters. The van der Waals surface area contributed by atoms with Crippen molar-refractivity contribution in [2.24, 2.45) is 5.14 Å². The average Bonchev–Trinajstić information content (AvgIpc) is 3.13. The first-order valence-corrected chi connectivity index (χ1v) is 8.03. The third kappa shape index (κ3) is 4.36. The highest BCUT2D eigenvalue weighted by atomic mass is 35.5. The van der Waals surface area contributed by atoms with Crippen LogP contribution in [-0.2, 0) is 14.8 Å². The Morgan fingerprint density at radius 1 is 1.45 bits per heavy atom. The molecule has 1 aromatic rings. The van der Waals surface area contributed by atoms with Gasteiger partial charge in [0.1, 0.15) is 10.6 Å². The number of carbonyl (C=O) groups is 1. The van der Waals surface area contributed by atoms with Crippen molar-refractivity contribution < 1.29 is 17.9 Å². The van der Waals surface area contributed by atoms with Crippen LogP contribution in [-0.4, -0.2) is 27.0 Å². The van der Waals surface area contributed by atoms with Crippen LogP contribution in [0.15, 0.2) is 23.1 Å². The molecule has 110 valence electrons. The van der Waals surface area contributed by atoms with Crippen molar-refractivity contribution in [1.82, 2.24) is 5.32 Å². The van der Waals surface area contributed by atoms with Gasteiger partial charge in [0.2, 0.25) is 15.9 Å². The number of carbonyl (C=O) groups excluding carboxylic acids is 1. The smallest absolute Gasteiger partial charge is 0.241 e. The predicted octanol–water partition coefficient (Wildman–Crippen LogP) is 1.03. The summed E-state index contributed by atoms with van der Waals surface area (Å²) in [6, 6.07) is 4.42. The Balaban J connectivity index is 1.96. The van der Waals surface area contributed by atoms with Gasteiger partial charge in [0.05, 0.1) is 13.0 Å². The molecule has 1 aliphatic carbocycles. The Morgan fingerprint density at radius 2 is 2.15 bits per heavy atom. The molecule has 0 radical (unpaired) electrons. The summed E-state index contributed by atoms with van der Waals surface area (Å²) in [7, 11) is -3.93. The molecule has 0 atom stereocenters. The maximum absolute atomic E-state index is 11.5. The van der Waals surface area contributed by atoms with E-state index in [0.717, 1.165) is 12.8 Å². The van der Waals surface area contributed by atoms with E-state index in [1.807, 2.05) is 0 Å². The number of primary sulfonamides is 1. The zero-order valence-corrected chi connectivity index (χ0v) is 12.2. The van der Waals surface area contributed by atoms with Crippen molar-refractivity contribution in [3.05, 3.63) is 23.2 Å². The van der Waals surface area contributed by atoms with Crippen LogP contribution < -0.4 is 15.2 Å². The van der Waals surface area contributed by atoms with E-state index in [-0.39, 0.29) is 40.6 Å². The fourth-order valence-corrected chi connectivity index (χ4v) is 2.54. The second-order valence-electron chi connectivity index (χ2n) is 4.58. The van der Waals surface area contributed by atoms with Gasteiger partial charge in [0, 0.05) is 11.1 Å². The van der Waals surface area contributed by atoms with Gasteiger partial charge in [-0.2, -0.15) is 0 Å². The van der Waals surface area contributed by atoms with Gasteiger partial charge in [-0.15, -0.1) is 0 Å². The van der Waals surface area contributed by atoms with Gasteiger partial charge in [0.25, 0.3) is 0 Å². The second-order valence-corrected chi connectivity index (χ2v) is 6.54. The molecule has 20 heavy (non-hydrogen) atoms. The third-order valence-electron chi connectivity index (χ3n) is 2.74. The molecule has 1 aliphatic rings. The summed E-state index contributed by atoms with van der Waals surface area (Å²) >= 11 is 5.73. The highest BCUT2D eigenvalue weighted by molar-refractivity contribution is 7.89. The molecule has 0 bridgehead atoms. The second kappa shape index (κ2) is 5.99. The lowest BCUT2D eigenvalue weighted by Gasteiger charge is -2.10. The molecular formula is C12H15ClN2O4S. The normalized spacial score (nSPS) is 14.9. The van der Waals surface area contributed by atoms with Gasteiger partial charge in [-0.05, 0) is 31.0 Å². The molecule has 3 N–H and O–H groups in total. The van der Waals surface area contributed by atoms with Gasteiger partial charge >= 0.3 is 0 Å². The number of amides is 1. The lowest BCUT2D eigenvalue weighted by Crippen LogP contribution is -2.26. The molecule has 1 amide bonds. The summed E-state index contributed by atoms with van der Waals surface area (Å²) in [6.45, 7) is 0.0721. The van der Waals surface area contributed by atoms with Gasteiger partial charge in [0.15, 0.2) is 0 Å². The molecule has 2 rings (SSSR count). The quantitative estimate of drug-likeness (QED) is 0.818. The zero-order valence-electron chi connectivity index (χ0n) is 10.6. The summed E-state index contributed by atoms with van der Waals surface area (Å²) in [4.78, 5) is 11.3. The molecule has 0 heterocycles. The molecule has 8 heteroatoms. The minimum atomic E-state index is -3.93. The van der Waals surface area contributed by atoms with Crippen molar-refractivity contribution in [3.8, 4) is 5.75 Å². The molecule has 0 aromatic heterocycles. The minimum Gasteiger partial charge on any atom is -0.492 e. The molecule has 1 fully saturated rings. The van der Waals surface area contributed by atoms with E-state index in [4.69, 9.17) is 21.5 Å². The number of sulfonamides is 1. The van der Waals surface area contributed by atoms with Crippen LogP contribution in [0.4, 0.5) is 0 Å². The van der Waals surface area contributed by atoms with Crippen molar-refractivity contribution >= 4 is 27.5 Å². The van der Waals surface area contributed by atoms with Gasteiger partial charge in [-0.25, -0.2) is 13.6 Å².